The van der Waals surface area contributed by atoms with Gasteiger partial charge in [-0.05, 0) is 31.4 Å². The summed E-state index contributed by atoms with van der Waals surface area (Å²) in [6.07, 6.45) is 4.24. The van der Waals surface area contributed by atoms with Gasteiger partial charge < -0.3 is 20.1 Å². The minimum absolute atomic E-state index is 0.00633. The minimum Gasteiger partial charge on any atom is -0.381 e. The van der Waals surface area contributed by atoms with Crippen LogP contribution in [0.4, 0.5) is 26.4 Å². The first-order valence-electron chi connectivity index (χ1n) is 10.1. The van der Waals surface area contributed by atoms with Gasteiger partial charge in [0.05, 0.1) is 24.5 Å². The molecule has 2 aliphatic heterocycles. The molecular weight excluding hydrogens is 394 g/mol. The van der Waals surface area contributed by atoms with Crippen LogP contribution in [0.1, 0.15) is 25.3 Å². The Balaban J connectivity index is 1.51. The summed E-state index contributed by atoms with van der Waals surface area (Å²) in [5, 5.41) is 6.35. The second-order valence-corrected chi connectivity index (χ2v) is 7.51. The number of hydrogen-bond donors (Lipinski definition) is 2. The number of fused-ring (bicyclic) bond motifs is 1. The highest BCUT2D eigenvalue weighted by molar-refractivity contribution is 5.76. The third-order valence-corrected chi connectivity index (χ3v) is 5.44. The third kappa shape index (κ3) is 3.80. The number of hydrogen-bond acceptors (Lipinski definition) is 7. The summed E-state index contributed by atoms with van der Waals surface area (Å²) in [5.41, 5.74) is 1.37. The van der Waals surface area contributed by atoms with Gasteiger partial charge >= 0.3 is 0 Å². The molecule has 2 fully saturated rings. The third-order valence-electron chi connectivity index (χ3n) is 5.44. The van der Waals surface area contributed by atoms with Crippen LogP contribution in [0.5, 0.6) is 0 Å². The molecule has 0 amide bonds. The largest absolute Gasteiger partial charge is 0.381 e. The van der Waals surface area contributed by atoms with E-state index in [-0.39, 0.29) is 17.8 Å². The molecule has 1 aromatic carbocycles. The van der Waals surface area contributed by atoms with Crippen LogP contribution in [0, 0.1) is 11.6 Å². The van der Waals surface area contributed by atoms with Gasteiger partial charge in [0.1, 0.15) is 17.2 Å². The molecule has 0 radical (unpaired) electrons. The van der Waals surface area contributed by atoms with Gasteiger partial charge in [0.15, 0.2) is 5.65 Å². The molecule has 0 saturated carbocycles. The molecule has 5 rings (SSSR count). The minimum atomic E-state index is -0.691. The van der Waals surface area contributed by atoms with Crippen LogP contribution in [-0.2, 0) is 9.47 Å². The zero-order valence-electron chi connectivity index (χ0n) is 16.3. The fourth-order valence-corrected chi connectivity index (χ4v) is 3.86. The lowest BCUT2D eigenvalue weighted by molar-refractivity contribution is 0.0903. The van der Waals surface area contributed by atoms with Crippen LogP contribution in [0.3, 0.4) is 0 Å². The SMILES string of the molecule is Fc1ccc(Nc2nc3cnc(NC4CCOCC4)nc3n2C2CCOC2)c(F)c1. The van der Waals surface area contributed by atoms with Gasteiger partial charge in [0, 0.05) is 31.9 Å². The first-order chi connectivity index (χ1) is 14.7. The van der Waals surface area contributed by atoms with E-state index >= 15 is 0 Å². The first kappa shape index (κ1) is 19.1. The fraction of sp³-hybridized carbons (Fsp3) is 0.450. The number of nitrogens with one attached hydrogen (secondary N) is 2. The van der Waals surface area contributed by atoms with E-state index in [0.29, 0.717) is 49.5 Å². The van der Waals surface area contributed by atoms with Crippen LogP contribution < -0.4 is 10.6 Å². The Morgan fingerprint density at radius 3 is 2.63 bits per heavy atom. The van der Waals surface area contributed by atoms with E-state index in [2.05, 4.69) is 20.6 Å². The summed E-state index contributed by atoms with van der Waals surface area (Å²) in [4.78, 5) is 13.7. The van der Waals surface area contributed by atoms with Gasteiger partial charge in [-0.15, -0.1) is 0 Å². The summed E-state index contributed by atoms with van der Waals surface area (Å²) in [7, 11) is 0. The second kappa shape index (κ2) is 8.11. The van der Waals surface area contributed by atoms with Gasteiger partial charge in [0.2, 0.25) is 11.9 Å². The van der Waals surface area contributed by atoms with Crippen LogP contribution in [0.2, 0.25) is 0 Å². The second-order valence-electron chi connectivity index (χ2n) is 7.51. The van der Waals surface area contributed by atoms with Gasteiger partial charge in [-0.25, -0.2) is 18.7 Å². The smallest absolute Gasteiger partial charge is 0.224 e. The van der Waals surface area contributed by atoms with Crippen molar-refractivity contribution in [3.05, 3.63) is 36.0 Å². The number of ether oxygens (including phenoxy) is 2. The average Bonchev–Trinajstić information content (AvgIpc) is 3.38. The maximum Gasteiger partial charge on any atom is 0.224 e. The van der Waals surface area contributed by atoms with Crippen molar-refractivity contribution in [1.82, 2.24) is 19.5 Å². The standard InChI is InChI=1S/C20H22F2N6O2/c21-12-1-2-16(15(22)9-12)25-20-26-17-10-23-19(24-13-3-6-29-7-4-13)27-18(17)28(20)14-5-8-30-11-14/h1-2,9-10,13-14H,3-8,11H2,(H,25,26)(H,23,24,27). The molecule has 1 unspecified atom stereocenters. The van der Waals surface area contributed by atoms with E-state index in [0.717, 1.165) is 25.3 Å². The monoisotopic (exact) mass is 416 g/mol. The van der Waals surface area contributed by atoms with Crippen molar-refractivity contribution in [3.8, 4) is 0 Å². The maximum atomic E-state index is 14.2. The Kier molecular flexibility index (Phi) is 5.17. The average molecular weight is 416 g/mol. The lowest BCUT2D eigenvalue weighted by atomic mass is 10.1. The molecule has 2 saturated heterocycles. The lowest BCUT2D eigenvalue weighted by Gasteiger charge is -2.23. The Morgan fingerprint density at radius 1 is 1.03 bits per heavy atom. The van der Waals surface area contributed by atoms with E-state index in [9.17, 15) is 8.78 Å². The summed E-state index contributed by atoms with van der Waals surface area (Å²) in [6.45, 7) is 2.58. The molecule has 0 aliphatic carbocycles. The zero-order chi connectivity index (χ0) is 20.5. The highest BCUT2D eigenvalue weighted by Gasteiger charge is 2.25. The van der Waals surface area contributed by atoms with E-state index in [1.807, 2.05) is 4.57 Å². The highest BCUT2D eigenvalue weighted by Crippen LogP contribution is 2.31. The van der Waals surface area contributed by atoms with E-state index in [1.165, 1.54) is 12.1 Å². The molecule has 2 aliphatic rings. The molecule has 3 aromatic rings. The molecule has 4 heterocycles. The van der Waals surface area contributed by atoms with Crippen LogP contribution in [0.25, 0.3) is 11.2 Å². The molecule has 1 atom stereocenters. The number of halogens is 2. The summed E-state index contributed by atoms with van der Waals surface area (Å²) in [6, 6.07) is 3.65. The normalized spacial score (nSPS) is 20.0. The molecule has 30 heavy (non-hydrogen) atoms. The number of nitrogens with zero attached hydrogens (tertiary/aromatic N) is 4. The molecule has 2 N–H and O–H groups in total. The summed E-state index contributed by atoms with van der Waals surface area (Å²) >= 11 is 0. The molecule has 8 nitrogen and oxygen atoms in total. The van der Waals surface area contributed by atoms with E-state index in [4.69, 9.17) is 14.5 Å². The number of aromatic nitrogens is 4. The maximum absolute atomic E-state index is 14.2. The lowest BCUT2D eigenvalue weighted by Crippen LogP contribution is -2.28. The molecule has 2 aromatic heterocycles. The van der Waals surface area contributed by atoms with Crippen molar-refractivity contribution in [2.45, 2.75) is 31.3 Å². The van der Waals surface area contributed by atoms with Crippen LogP contribution >= 0.6 is 0 Å². The summed E-state index contributed by atoms with van der Waals surface area (Å²) < 4.78 is 40.4. The van der Waals surface area contributed by atoms with Crippen molar-refractivity contribution in [2.75, 3.05) is 37.1 Å². The summed E-state index contributed by atoms with van der Waals surface area (Å²) in [5.74, 6) is -0.382. The Labute approximate surface area is 171 Å². The van der Waals surface area contributed by atoms with E-state index < -0.39 is 11.6 Å². The van der Waals surface area contributed by atoms with Crippen molar-refractivity contribution in [3.63, 3.8) is 0 Å². The molecule has 0 spiro atoms. The van der Waals surface area contributed by atoms with Crippen molar-refractivity contribution >= 4 is 28.7 Å². The van der Waals surface area contributed by atoms with Crippen LogP contribution in [-0.4, -0.2) is 52.0 Å². The number of rotatable bonds is 5. The zero-order valence-corrected chi connectivity index (χ0v) is 16.3. The predicted octanol–water partition coefficient (Wildman–Crippen LogP) is 3.40. The number of benzene rings is 1. The van der Waals surface area contributed by atoms with Gasteiger partial charge in [0.25, 0.3) is 0 Å². The highest BCUT2D eigenvalue weighted by atomic mass is 19.1. The topological polar surface area (TPSA) is 86.1 Å². The van der Waals surface area contributed by atoms with Crippen LogP contribution in [0.15, 0.2) is 24.4 Å². The Bertz CT molecular complexity index is 1050. The number of anilines is 3. The van der Waals surface area contributed by atoms with Gasteiger partial charge in [-0.2, -0.15) is 4.98 Å². The van der Waals surface area contributed by atoms with Crippen molar-refractivity contribution < 1.29 is 18.3 Å². The predicted molar refractivity (Wildman–Crippen MR) is 107 cm³/mol. The molecule has 0 bridgehead atoms. The Hall–Kier alpha value is -2.85. The fourth-order valence-electron chi connectivity index (χ4n) is 3.86. The quantitative estimate of drug-likeness (QED) is 0.659. The first-order valence-corrected chi connectivity index (χ1v) is 10.1. The van der Waals surface area contributed by atoms with Crippen molar-refractivity contribution in [2.24, 2.45) is 0 Å². The number of imidazole rings is 1. The van der Waals surface area contributed by atoms with Gasteiger partial charge in [-0.3, -0.25) is 4.57 Å². The molecule has 158 valence electrons. The molecule has 10 heteroatoms. The van der Waals surface area contributed by atoms with Crippen molar-refractivity contribution in [1.29, 1.82) is 0 Å². The molecular formula is C20H22F2N6O2. The Morgan fingerprint density at radius 2 is 1.87 bits per heavy atom. The van der Waals surface area contributed by atoms with Gasteiger partial charge in [-0.1, -0.05) is 0 Å². The van der Waals surface area contributed by atoms with E-state index in [1.54, 1.807) is 6.20 Å².